The van der Waals surface area contributed by atoms with Gasteiger partial charge in [0.2, 0.25) is 0 Å². The summed E-state index contributed by atoms with van der Waals surface area (Å²) in [5.41, 5.74) is -0.857. The van der Waals surface area contributed by atoms with Crippen molar-refractivity contribution in [2.45, 2.75) is 37.9 Å². The molecule has 0 amide bonds. The second-order valence-corrected chi connectivity index (χ2v) is 3.93. The Bertz CT molecular complexity index is 298. The Morgan fingerprint density at radius 3 is 3.00 bits per heavy atom. The first-order valence-corrected chi connectivity index (χ1v) is 5.82. The van der Waals surface area contributed by atoms with Crippen LogP contribution in [-0.2, 0) is 19.0 Å². The molecule has 4 nitrogen and oxygen atoms in total. The van der Waals surface area contributed by atoms with Crippen molar-refractivity contribution in [3.05, 3.63) is 24.8 Å². The molecular formula is C13H20O4. The van der Waals surface area contributed by atoms with Crippen LogP contribution in [0.2, 0.25) is 0 Å². The third-order valence-electron chi connectivity index (χ3n) is 2.76. The maximum Gasteiger partial charge on any atom is 0.306 e. The molecule has 96 valence electrons. The van der Waals surface area contributed by atoms with E-state index in [-0.39, 0.29) is 18.9 Å². The largest absolute Gasteiger partial charge is 0.448 e. The van der Waals surface area contributed by atoms with Gasteiger partial charge in [0, 0.05) is 13.5 Å². The normalized spacial score (nSPS) is 27.8. The van der Waals surface area contributed by atoms with E-state index in [2.05, 4.69) is 6.58 Å². The van der Waals surface area contributed by atoms with E-state index >= 15 is 0 Å². The standard InChI is InChI=1S/C13H20O4/c1-4-12(14)17-13(5-2)9-7-6-8-11(13)16-10-15-3/h5,7,9,11H,2,4,6,8,10H2,1,3H3/t11-,13+/m1/s1. The van der Waals surface area contributed by atoms with Gasteiger partial charge in [-0.05, 0) is 25.0 Å². The fraction of sp³-hybridized carbons (Fsp3) is 0.615. The summed E-state index contributed by atoms with van der Waals surface area (Å²) in [4.78, 5) is 11.5. The summed E-state index contributed by atoms with van der Waals surface area (Å²) < 4.78 is 15.9. The van der Waals surface area contributed by atoms with Crippen LogP contribution in [0, 0.1) is 0 Å². The Morgan fingerprint density at radius 2 is 2.41 bits per heavy atom. The molecule has 0 aromatic carbocycles. The fourth-order valence-corrected chi connectivity index (χ4v) is 1.82. The van der Waals surface area contributed by atoms with Crippen LogP contribution in [0.5, 0.6) is 0 Å². The van der Waals surface area contributed by atoms with Crippen molar-refractivity contribution in [1.82, 2.24) is 0 Å². The lowest BCUT2D eigenvalue weighted by Crippen LogP contribution is -2.46. The van der Waals surface area contributed by atoms with Crippen molar-refractivity contribution in [3.8, 4) is 0 Å². The topological polar surface area (TPSA) is 44.8 Å². The van der Waals surface area contributed by atoms with Gasteiger partial charge in [0.25, 0.3) is 0 Å². The maximum absolute atomic E-state index is 11.5. The molecule has 0 N–H and O–H groups in total. The van der Waals surface area contributed by atoms with Gasteiger partial charge in [-0.25, -0.2) is 0 Å². The molecule has 0 heterocycles. The summed E-state index contributed by atoms with van der Waals surface area (Å²) in [5.74, 6) is -0.262. The molecule has 0 unspecified atom stereocenters. The van der Waals surface area contributed by atoms with E-state index in [0.29, 0.717) is 6.42 Å². The van der Waals surface area contributed by atoms with Crippen molar-refractivity contribution in [2.75, 3.05) is 13.9 Å². The Kier molecular flexibility index (Phi) is 5.38. The van der Waals surface area contributed by atoms with Crippen molar-refractivity contribution in [1.29, 1.82) is 0 Å². The second kappa shape index (κ2) is 6.57. The highest BCUT2D eigenvalue weighted by Crippen LogP contribution is 2.30. The van der Waals surface area contributed by atoms with Crippen molar-refractivity contribution >= 4 is 5.97 Å². The first-order valence-electron chi connectivity index (χ1n) is 5.82. The van der Waals surface area contributed by atoms with Crippen LogP contribution in [0.4, 0.5) is 0 Å². The minimum Gasteiger partial charge on any atom is -0.448 e. The van der Waals surface area contributed by atoms with E-state index in [0.717, 1.165) is 12.8 Å². The van der Waals surface area contributed by atoms with Crippen LogP contribution in [-0.4, -0.2) is 31.6 Å². The SMILES string of the molecule is C=C[C@]1(OC(=O)CC)C=CCC[C@H]1OCOC. The molecule has 0 spiro atoms. The van der Waals surface area contributed by atoms with Crippen molar-refractivity contribution in [3.63, 3.8) is 0 Å². The fourth-order valence-electron chi connectivity index (χ4n) is 1.82. The number of allylic oxidation sites excluding steroid dienone is 1. The number of hydrogen-bond acceptors (Lipinski definition) is 4. The number of hydrogen-bond donors (Lipinski definition) is 0. The zero-order valence-electron chi connectivity index (χ0n) is 10.5. The Morgan fingerprint density at radius 1 is 1.65 bits per heavy atom. The van der Waals surface area contributed by atoms with Crippen LogP contribution < -0.4 is 0 Å². The van der Waals surface area contributed by atoms with E-state index in [1.807, 2.05) is 12.2 Å². The summed E-state index contributed by atoms with van der Waals surface area (Å²) >= 11 is 0. The van der Waals surface area contributed by atoms with E-state index < -0.39 is 5.60 Å². The number of methoxy groups -OCH3 is 1. The minimum atomic E-state index is -0.857. The molecule has 0 saturated heterocycles. The highest BCUT2D eigenvalue weighted by molar-refractivity contribution is 5.70. The summed E-state index contributed by atoms with van der Waals surface area (Å²) in [6, 6.07) is 0. The number of ether oxygens (including phenoxy) is 3. The molecule has 0 saturated carbocycles. The van der Waals surface area contributed by atoms with E-state index in [4.69, 9.17) is 14.2 Å². The molecule has 2 atom stereocenters. The van der Waals surface area contributed by atoms with Gasteiger partial charge in [-0.3, -0.25) is 4.79 Å². The molecule has 0 aromatic rings. The smallest absolute Gasteiger partial charge is 0.306 e. The molecule has 4 heteroatoms. The van der Waals surface area contributed by atoms with Crippen molar-refractivity contribution in [2.24, 2.45) is 0 Å². The molecular weight excluding hydrogens is 220 g/mol. The van der Waals surface area contributed by atoms with Crippen LogP contribution in [0.15, 0.2) is 24.8 Å². The molecule has 0 aromatic heterocycles. The van der Waals surface area contributed by atoms with E-state index in [1.165, 1.54) is 0 Å². The van der Waals surface area contributed by atoms with Crippen molar-refractivity contribution < 1.29 is 19.0 Å². The third kappa shape index (κ3) is 3.41. The van der Waals surface area contributed by atoms with Gasteiger partial charge >= 0.3 is 5.97 Å². The van der Waals surface area contributed by atoms with Crippen LogP contribution >= 0.6 is 0 Å². The molecule has 1 rings (SSSR count). The van der Waals surface area contributed by atoms with Gasteiger partial charge in [-0.1, -0.05) is 19.6 Å². The van der Waals surface area contributed by atoms with Gasteiger partial charge in [0.05, 0.1) is 0 Å². The molecule has 0 aliphatic heterocycles. The molecule has 0 fully saturated rings. The Labute approximate surface area is 102 Å². The number of esters is 1. The average Bonchev–Trinajstić information content (AvgIpc) is 2.37. The van der Waals surface area contributed by atoms with Gasteiger partial charge in [0.15, 0.2) is 5.60 Å². The van der Waals surface area contributed by atoms with Crippen LogP contribution in [0.25, 0.3) is 0 Å². The number of carbonyl (C=O) groups is 1. The monoisotopic (exact) mass is 240 g/mol. The van der Waals surface area contributed by atoms with Crippen LogP contribution in [0.1, 0.15) is 26.2 Å². The zero-order valence-corrected chi connectivity index (χ0v) is 10.5. The average molecular weight is 240 g/mol. The predicted molar refractivity (Wildman–Crippen MR) is 64.4 cm³/mol. The zero-order chi connectivity index (χ0) is 12.7. The third-order valence-corrected chi connectivity index (χ3v) is 2.76. The first-order chi connectivity index (χ1) is 8.18. The quantitative estimate of drug-likeness (QED) is 0.405. The summed E-state index contributed by atoms with van der Waals surface area (Å²) in [6.07, 6.45) is 7.22. The molecule has 0 bridgehead atoms. The van der Waals surface area contributed by atoms with Gasteiger partial charge in [0.1, 0.15) is 12.9 Å². The molecule has 1 aliphatic carbocycles. The lowest BCUT2D eigenvalue weighted by Gasteiger charge is -2.37. The van der Waals surface area contributed by atoms with Crippen LogP contribution in [0.3, 0.4) is 0 Å². The number of carbonyl (C=O) groups excluding carboxylic acids is 1. The molecule has 1 aliphatic rings. The molecule has 17 heavy (non-hydrogen) atoms. The summed E-state index contributed by atoms with van der Waals surface area (Å²) in [6.45, 7) is 5.69. The minimum absolute atomic E-state index is 0.178. The maximum atomic E-state index is 11.5. The van der Waals surface area contributed by atoms with Gasteiger partial charge in [-0.2, -0.15) is 0 Å². The highest BCUT2D eigenvalue weighted by Gasteiger charge is 2.39. The Balaban J connectivity index is 2.82. The lowest BCUT2D eigenvalue weighted by molar-refractivity contribution is -0.173. The van der Waals surface area contributed by atoms with Gasteiger partial charge in [-0.15, -0.1) is 0 Å². The van der Waals surface area contributed by atoms with Gasteiger partial charge < -0.3 is 14.2 Å². The number of rotatable bonds is 6. The second-order valence-electron chi connectivity index (χ2n) is 3.93. The van der Waals surface area contributed by atoms with E-state index in [1.54, 1.807) is 20.1 Å². The first kappa shape index (κ1) is 13.9. The highest BCUT2D eigenvalue weighted by atomic mass is 16.7. The summed E-state index contributed by atoms with van der Waals surface area (Å²) in [7, 11) is 1.56. The molecule has 0 radical (unpaired) electrons. The summed E-state index contributed by atoms with van der Waals surface area (Å²) in [5, 5.41) is 0. The lowest BCUT2D eigenvalue weighted by atomic mass is 9.87. The predicted octanol–water partition coefficient (Wildman–Crippen LogP) is 2.20. The Hall–Kier alpha value is -1.13. The van der Waals surface area contributed by atoms with E-state index in [9.17, 15) is 4.79 Å².